The molecule has 0 radical (unpaired) electrons. The van der Waals surface area contributed by atoms with E-state index in [0.29, 0.717) is 19.3 Å². The molecule has 11 heteroatoms. The van der Waals surface area contributed by atoms with E-state index in [1.165, 1.54) is 109 Å². The number of aliphatic hydroxyl groups is 5. The molecule has 8 unspecified atom stereocenters. The van der Waals surface area contributed by atoms with Gasteiger partial charge < -0.3 is 45.1 Å². The summed E-state index contributed by atoms with van der Waals surface area (Å²) in [6, 6.07) is -1.03. The second-order valence-corrected chi connectivity index (χ2v) is 19.4. The Hall–Kier alpha value is -2.64. The van der Waals surface area contributed by atoms with Crippen molar-refractivity contribution in [2.24, 2.45) is 0 Å². The highest BCUT2D eigenvalue weighted by atomic mass is 16.7. The number of rotatable bonds is 46. The van der Waals surface area contributed by atoms with Crippen molar-refractivity contribution >= 4 is 11.9 Å². The maximum Gasteiger partial charge on any atom is 0.306 e. The second kappa shape index (κ2) is 46.4. The lowest BCUT2D eigenvalue weighted by Gasteiger charge is -2.41. The minimum atomic E-state index is -1.62. The van der Waals surface area contributed by atoms with Crippen LogP contribution >= 0.6 is 0 Å². The van der Waals surface area contributed by atoms with Gasteiger partial charge in [-0.05, 0) is 44.9 Å². The van der Waals surface area contributed by atoms with Gasteiger partial charge in [0.15, 0.2) is 12.4 Å². The molecule has 0 spiro atoms. The molecule has 0 bridgehead atoms. The van der Waals surface area contributed by atoms with E-state index in [4.69, 9.17) is 14.2 Å². The maximum absolute atomic E-state index is 13.4. The normalized spacial score (nSPS) is 20.3. The van der Waals surface area contributed by atoms with Gasteiger partial charge in [-0.25, -0.2) is 0 Å². The van der Waals surface area contributed by atoms with Crippen molar-refractivity contribution in [2.45, 2.75) is 282 Å². The number of nitrogens with one attached hydrogen (secondary N) is 1. The van der Waals surface area contributed by atoms with Crippen LogP contribution < -0.4 is 5.32 Å². The van der Waals surface area contributed by atoms with E-state index in [1.807, 2.05) is 42.5 Å². The summed E-state index contributed by atoms with van der Waals surface area (Å²) in [6.45, 7) is 5.61. The minimum Gasteiger partial charge on any atom is -0.454 e. The molecule has 1 amide bonds. The molecule has 1 fully saturated rings. The van der Waals surface area contributed by atoms with E-state index in [2.05, 4.69) is 38.2 Å². The number of esters is 1. The van der Waals surface area contributed by atoms with E-state index in [0.717, 1.165) is 77.0 Å². The molecule has 11 nitrogen and oxygen atoms in total. The lowest BCUT2D eigenvalue weighted by Crippen LogP contribution is -2.61. The molecule has 1 heterocycles. The van der Waals surface area contributed by atoms with Gasteiger partial charge in [-0.3, -0.25) is 9.59 Å². The van der Waals surface area contributed by atoms with Crippen molar-refractivity contribution in [1.29, 1.82) is 0 Å². The number of carbonyl (C=O) groups is 2. The summed E-state index contributed by atoms with van der Waals surface area (Å²) in [5, 5.41) is 56.7. The molecule has 0 aliphatic carbocycles. The molecule has 400 valence electrons. The van der Waals surface area contributed by atoms with Crippen LogP contribution in [0.4, 0.5) is 0 Å². The van der Waals surface area contributed by atoms with Crippen molar-refractivity contribution in [3.05, 3.63) is 60.8 Å². The fraction of sp³-hybridized carbons (Fsp3) is 0.793. The van der Waals surface area contributed by atoms with Gasteiger partial charge in [0.25, 0.3) is 0 Å². The molecule has 0 saturated carbocycles. The highest BCUT2D eigenvalue weighted by molar-refractivity contribution is 5.80. The molecule has 1 rings (SSSR count). The van der Waals surface area contributed by atoms with Gasteiger partial charge in [-0.1, -0.05) is 242 Å². The third-order valence-electron chi connectivity index (χ3n) is 13.0. The molecular weight excluding hydrogens is 871 g/mol. The van der Waals surface area contributed by atoms with Crippen LogP contribution in [0.25, 0.3) is 0 Å². The number of allylic oxidation sites excluding steroid dienone is 9. The average molecular weight is 974 g/mol. The third kappa shape index (κ3) is 35.2. The molecule has 1 saturated heterocycles. The Balaban J connectivity index is 2.75. The predicted octanol–water partition coefficient (Wildman–Crippen LogP) is 12.3. The van der Waals surface area contributed by atoms with Crippen LogP contribution in [0.2, 0.25) is 0 Å². The third-order valence-corrected chi connectivity index (χ3v) is 13.0. The first-order valence-corrected chi connectivity index (χ1v) is 28.1. The first kappa shape index (κ1) is 64.4. The summed E-state index contributed by atoms with van der Waals surface area (Å²) >= 11 is 0. The van der Waals surface area contributed by atoms with Gasteiger partial charge in [0.2, 0.25) is 5.91 Å². The molecular formula is C58H103NO10. The lowest BCUT2D eigenvalue weighted by molar-refractivity contribution is -0.305. The largest absolute Gasteiger partial charge is 0.454 e. The Labute approximate surface area is 420 Å². The zero-order chi connectivity index (χ0) is 50.4. The smallest absolute Gasteiger partial charge is 0.306 e. The van der Waals surface area contributed by atoms with E-state index in [9.17, 15) is 35.1 Å². The van der Waals surface area contributed by atoms with Crippen LogP contribution in [-0.4, -0.2) is 99.6 Å². The molecule has 8 atom stereocenters. The summed E-state index contributed by atoms with van der Waals surface area (Å²) in [6.07, 6.45) is 45.5. The van der Waals surface area contributed by atoms with Gasteiger partial charge in [-0.2, -0.15) is 0 Å². The van der Waals surface area contributed by atoms with Crippen molar-refractivity contribution in [3.63, 3.8) is 0 Å². The van der Waals surface area contributed by atoms with Gasteiger partial charge >= 0.3 is 5.97 Å². The number of amides is 1. The van der Waals surface area contributed by atoms with E-state index in [-0.39, 0.29) is 13.0 Å². The molecule has 6 N–H and O–H groups in total. The SMILES string of the molecule is CC/C=C/C=C/C=C/C=C\CCCCCCCC(=O)OC1C(OCC(NC(=O)C(O)CCCCCCCCCCCCCCCC)C(O)/C=C/CCCCCCCCCCC)OC(CO)C(O)C1O. The van der Waals surface area contributed by atoms with E-state index < -0.39 is 67.4 Å². The highest BCUT2D eigenvalue weighted by Gasteiger charge is 2.47. The summed E-state index contributed by atoms with van der Waals surface area (Å²) < 4.78 is 17.5. The van der Waals surface area contributed by atoms with E-state index in [1.54, 1.807) is 6.08 Å². The van der Waals surface area contributed by atoms with Gasteiger partial charge in [-0.15, -0.1) is 0 Å². The standard InChI is InChI=1S/C58H103NO10/c1-4-7-10-13-16-19-22-24-26-28-31-34-37-40-43-46-53(63)69-56-55(65)54(64)52(47-60)68-58(56)67-48-49(50(61)44-41-38-35-32-29-21-18-15-12-9-6-3)59-57(66)51(62)45-42-39-36-33-30-27-25-23-20-17-14-11-8-5-2/h7,10,13,16,19,22,24,26,41,44,49-52,54-56,58,60-62,64-65H,4-6,8-9,11-12,14-15,17-18,20-21,23,25,27-40,42-43,45-48H2,1-3H3,(H,59,66)/b10-7+,16-13+,22-19+,26-24-,44-41+. The fourth-order valence-electron chi connectivity index (χ4n) is 8.54. The number of carbonyl (C=O) groups excluding carboxylic acids is 2. The van der Waals surface area contributed by atoms with E-state index >= 15 is 0 Å². The fourth-order valence-corrected chi connectivity index (χ4v) is 8.54. The maximum atomic E-state index is 13.4. The van der Waals surface area contributed by atoms with Crippen LogP contribution in [0.5, 0.6) is 0 Å². The first-order valence-electron chi connectivity index (χ1n) is 28.1. The Morgan fingerprint density at radius 2 is 1.04 bits per heavy atom. The van der Waals surface area contributed by atoms with Crippen LogP contribution in [0, 0.1) is 0 Å². The van der Waals surface area contributed by atoms with Crippen LogP contribution in [0.3, 0.4) is 0 Å². The van der Waals surface area contributed by atoms with Crippen molar-refractivity contribution in [3.8, 4) is 0 Å². The van der Waals surface area contributed by atoms with Crippen molar-refractivity contribution < 1.29 is 49.3 Å². The lowest BCUT2D eigenvalue weighted by atomic mass is 9.99. The highest BCUT2D eigenvalue weighted by Crippen LogP contribution is 2.26. The number of unbranched alkanes of at least 4 members (excludes halogenated alkanes) is 27. The zero-order valence-electron chi connectivity index (χ0n) is 43.9. The quantitative estimate of drug-likeness (QED) is 0.0149. The number of aliphatic hydroxyl groups excluding tert-OH is 5. The number of hydrogen-bond acceptors (Lipinski definition) is 10. The van der Waals surface area contributed by atoms with Gasteiger partial charge in [0.1, 0.15) is 24.4 Å². The molecule has 1 aliphatic heterocycles. The molecule has 0 aromatic heterocycles. The molecule has 69 heavy (non-hydrogen) atoms. The average Bonchev–Trinajstić information content (AvgIpc) is 3.34. The summed E-state index contributed by atoms with van der Waals surface area (Å²) in [4.78, 5) is 26.4. The van der Waals surface area contributed by atoms with Gasteiger partial charge in [0, 0.05) is 6.42 Å². The number of hydrogen-bond donors (Lipinski definition) is 6. The topological polar surface area (TPSA) is 175 Å². The number of ether oxygens (including phenoxy) is 3. The Morgan fingerprint density at radius 3 is 1.57 bits per heavy atom. The Morgan fingerprint density at radius 1 is 0.580 bits per heavy atom. The summed E-state index contributed by atoms with van der Waals surface area (Å²) in [5.41, 5.74) is 0. The first-order chi connectivity index (χ1) is 33.7. The summed E-state index contributed by atoms with van der Waals surface area (Å²) in [5.74, 6) is -1.22. The molecule has 0 aromatic carbocycles. The second-order valence-electron chi connectivity index (χ2n) is 19.4. The van der Waals surface area contributed by atoms with Crippen molar-refractivity contribution in [1.82, 2.24) is 5.32 Å². The summed E-state index contributed by atoms with van der Waals surface area (Å²) in [7, 11) is 0. The van der Waals surface area contributed by atoms with Crippen LogP contribution in [0.15, 0.2) is 60.8 Å². The predicted molar refractivity (Wildman–Crippen MR) is 283 cm³/mol. The minimum absolute atomic E-state index is 0.0967. The Kier molecular flexibility index (Phi) is 43.3. The van der Waals surface area contributed by atoms with Crippen molar-refractivity contribution in [2.75, 3.05) is 13.2 Å². The zero-order valence-corrected chi connectivity index (χ0v) is 43.9. The molecule has 0 aromatic rings. The van der Waals surface area contributed by atoms with Crippen LogP contribution in [-0.2, 0) is 23.8 Å². The van der Waals surface area contributed by atoms with Gasteiger partial charge in [0.05, 0.1) is 25.4 Å². The van der Waals surface area contributed by atoms with Crippen LogP contribution in [0.1, 0.15) is 233 Å². The monoisotopic (exact) mass is 974 g/mol. The molecule has 1 aliphatic rings. The Bertz CT molecular complexity index is 1350.